The maximum Gasteiger partial charge on any atom is 0.231 e. The first-order valence-electron chi connectivity index (χ1n) is 4.30. The summed E-state index contributed by atoms with van der Waals surface area (Å²) in [5.74, 6) is 0. The molecule has 2 heterocycles. The maximum absolute atomic E-state index is 5.64. The summed E-state index contributed by atoms with van der Waals surface area (Å²) in [7, 11) is 0. The summed E-state index contributed by atoms with van der Waals surface area (Å²) in [6, 6.07) is 0. The molecule has 0 bridgehead atoms. The summed E-state index contributed by atoms with van der Waals surface area (Å²) in [6.07, 6.45) is 17.9. The Morgan fingerprint density at radius 1 is 1.15 bits per heavy atom. The smallest absolute Gasteiger partial charge is 0.231 e. The first kappa shape index (κ1) is 6.78. The highest BCUT2D eigenvalue weighted by Crippen LogP contribution is 2.38. The second kappa shape index (κ2) is 2.16. The Morgan fingerprint density at radius 2 is 2.15 bits per heavy atom. The highest BCUT2D eigenvalue weighted by molar-refractivity contribution is 5.46. The van der Waals surface area contributed by atoms with E-state index in [-0.39, 0.29) is 5.72 Å². The van der Waals surface area contributed by atoms with Crippen LogP contribution in [0.4, 0.5) is 0 Å². The fourth-order valence-electron chi connectivity index (χ4n) is 1.85. The molecule has 2 aliphatic heterocycles. The number of hydrogen-bond donors (Lipinski definition) is 0. The van der Waals surface area contributed by atoms with E-state index in [0.717, 1.165) is 0 Å². The summed E-state index contributed by atoms with van der Waals surface area (Å²) in [6.45, 7) is 0. The molecular weight excluding hydrogens is 162 g/mol. The standard InChI is InChI=1S/C11H9NO/c1-2-6-11-10(4-1)5-3-7-12(11)8-9-13-11/h1-9H. The molecule has 0 saturated carbocycles. The minimum Gasteiger partial charge on any atom is -0.466 e. The molecule has 1 unspecified atom stereocenters. The van der Waals surface area contributed by atoms with Crippen LogP contribution in [0.1, 0.15) is 0 Å². The quantitative estimate of drug-likeness (QED) is 0.553. The van der Waals surface area contributed by atoms with Gasteiger partial charge in [-0.3, -0.25) is 0 Å². The number of hydrogen-bond acceptors (Lipinski definition) is 2. The van der Waals surface area contributed by atoms with Gasteiger partial charge in [-0.15, -0.1) is 0 Å². The van der Waals surface area contributed by atoms with Crippen LogP contribution in [0.25, 0.3) is 0 Å². The summed E-state index contributed by atoms with van der Waals surface area (Å²) in [4.78, 5) is 2.06. The molecule has 0 aromatic rings. The topological polar surface area (TPSA) is 12.5 Å². The van der Waals surface area contributed by atoms with Gasteiger partial charge in [0.15, 0.2) is 0 Å². The van der Waals surface area contributed by atoms with Gasteiger partial charge in [0.25, 0.3) is 0 Å². The Morgan fingerprint density at radius 3 is 3.15 bits per heavy atom. The van der Waals surface area contributed by atoms with Crippen molar-refractivity contribution in [2.24, 2.45) is 0 Å². The first-order valence-corrected chi connectivity index (χ1v) is 4.30. The molecular formula is C11H9NO. The predicted molar refractivity (Wildman–Crippen MR) is 50.3 cm³/mol. The zero-order valence-corrected chi connectivity index (χ0v) is 7.05. The fourth-order valence-corrected chi connectivity index (χ4v) is 1.85. The predicted octanol–water partition coefficient (Wildman–Crippen LogP) is 2.07. The molecule has 13 heavy (non-hydrogen) atoms. The van der Waals surface area contributed by atoms with Crippen molar-refractivity contribution in [3.63, 3.8) is 0 Å². The highest BCUT2D eigenvalue weighted by atomic mass is 16.5. The molecule has 64 valence electrons. The minimum atomic E-state index is -0.385. The summed E-state index contributed by atoms with van der Waals surface area (Å²) >= 11 is 0. The zero-order valence-electron chi connectivity index (χ0n) is 7.05. The largest absolute Gasteiger partial charge is 0.466 e. The molecule has 0 aromatic heterocycles. The molecule has 2 heteroatoms. The van der Waals surface area contributed by atoms with Crippen molar-refractivity contribution < 1.29 is 4.74 Å². The van der Waals surface area contributed by atoms with E-state index in [1.54, 1.807) is 6.26 Å². The van der Waals surface area contributed by atoms with Gasteiger partial charge in [0.1, 0.15) is 6.26 Å². The Labute approximate surface area is 76.8 Å². The number of nitrogens with zero attached hydrogens (tertiary/aromatic N) is 1. The lowest BCUT2D eigenvalue weighted by Crippen LogP contribution is -2.42. The van der Waals surface area contributed by atoms with Crippen molar-refractivity contribution in [3.05, 3.63) is 60.7 Å². The van der Waals surface area contributed by atoms with Crippen LogP contribution in [0, 0.1) is 0 Å². The zero-order chi connectivity index (χ0) is 8.73. The third kappa shape index (κ3) is 0.724. The van der Waals surface area contributed by atoms with Gasteiger partial charge in [0.05, 0.1) is 0 Å². The van der Waals surface area contributed by atoms with E-state index in [1.807, 2.05) is 30.6 Å². The summed E-state index contributed by atoms with van der Waals surface area (Å²) in [5, 5.41) is 0. The third-order valence-corrected chi connectivity index (χ3v) is 2.50. The number of rotatable bonds is 0. The van der Waals surface area contributed by atoms with E-state index in [2.05, 4.69) is 23.1 Å². The lowest BCUT2D eigenvalue weighted by Gasteiger charge is -2.37. The fraction of sp³-hybridized carbons (Fsp3) is 0.0909. The van der Waals surface area contributed by atoms with E-state index in [0.29, 0.717) is 0 Å². The van der Waals surface area contributed by atoms with Gasteiger partial charge in [0, 0.05) is 18.0 Å². The van der Waals surface area contributed by atoms with Crippen LogP contribution in [0.3, 0.4) is 0 Å². The van der Waals surface area contributed by atoms with Crippen LogP contribution >= 0.6 is 0 Å². The molecule has 0 N–H and O–H groups in total. The van der Waals surface area contributed by atoms with Gasteiger partial charge < -0.3 is 9.64 Å². The normalized spacial score (nSPS) is 32.6. The van der Waals surface area contributed by atoms with Crippen molar-refractivity contribution in [2.75, 3.05) is 0 Å². The second-order valence-electron chi connectivity index (χ2n) is 3.19. The minimum absolute atomic E-state index is 0.385. The number of allylic oxidation sites excluding steroid dienone is 4. The lowest BCUT2D eigenvalue weighted by atomic mass is 9.94. The molecule has 3 aliphatic rings. The number of ether oxygens (including phenoxy) is 1. The van der Waals surface area contributed by atoms with Gasteiger partial charge in [0.2, 0.25) is 5.72 Å². The van der Waals surface area contributed by atoms with Crippen molar-refractivity contribution in [1.82, 2.24) is 4.90 Å². The molecule has 0 radical (unpaired) electrons. The average molecular weight is 171 g/mol. The summed E-state index contributed by atoms with van der Waals surface area (Å²) in [5.41, 5.74) is 0.784. The van der Waals surface area contributed by atoms with Crippen molar-refractivity contribution in [1.29, 1.82) is 0 Å². The Hall–Kier alpha value is -1.70. The van der Waals surface area contributed by atoms with Crippen molar-refractivity contribution >= 4 is 0 Å². The monoisotopic (exact) mass is 171 g/mol. The van der Waals surface area contributed by atoms with Crippen molar-refractivity contribution in [3.8, 4) is 0 Å². The van der Waals surface area contributed by atoms with Gasteiger partial charge in [-0.1, -0.05) is 24.3 Å². The van der Waals surface area contributed by atoms with Crippen LogP contribution in [0.5, 0.6) is 0 Å². The van der Waals surface area contributed by atoms with Gasteiger partial charge in [-0.2, -0.15) is 0 Å². The van der Waals surface area contributed by atoms with Crippen LogP contribution in [0.15, 0.2) is 60.7 Å². The van der Waals surface area contributed by atoms with E-state index in [1.165, 1.54) is 5.57 Å². The van der Waals surface area contributed by atoms with Crippen LogP contribution in [-0.4, -0.2) is 10.6 Å². The molecule has 0 fully saturated rings. The van der Waals surface area contributed by atoms with E-state index < -0.39 is 0 Å². The molecule has 0 amide bonds. The molecule has 0 aromatic carbocycles. The Balaban J connectivity index is 2.17. The molecule has 1 spiro atoms. The van der Waals surface area contributed by atoms with Crippen LogP contribution < -0.4 is 0 Å². The van der Waals surface area contributed by atoms with E-state index in [9.17, 15) is 0 Å². The molecule has 1 aliphatic carbocycles. The lowest BCUT2D eigenvalue weighted by molar-refractivity contribution is 0.0406. The average Bonchev–Trinajstić information content (AvgIpc) is 2.58. The molecule has 1 atom stereocenters. The van der Waals surface area contributed by atoms with Gasteiger partial charge in [-0.25, -0.2) is 0 Å². The van der Waals surface area contributed by atoms with Crippen LogP contribution in [0.2, 0.25) is 0 Å². The molecule has 0 saturated heterocycles. The highest BCUT2D eigenvalue weighted by Gasteiger charge is 2.41. The molecule has 3 rings (SSSR count). The SMILES string of the molecule is C1=CC2=CC=CN3C=COC23C=C1. The van der Waals surface area contributed by atoms with Gasteiger partial charge in [-0.05, 0) is 12.2 Å². The van der Waals surface area contributed by atoms with Crippen molar-refractivity contribution in [2.45, 2.75) is 5.72 Å². The maximum atomic E-state index is 5.64. The first-order chi connectivity index (χ1) is 6.42. The van der Waals surface area contributed by atoms with E-state index >= 15 is 0 Å². The molecule has 2 nitrogen and oxygen atoms in total. The van der Waals surface area contributed by atoms with Gasteiger partial charge >= 0.3 is 0 Å². The Bertz CT molecular complexity index is 387. The second-order valence-corrected chi connectivity index (χ2v) is 3.19. The summed E-state index contributed by atoms with van der Waals surface area (Å²) < 4.78 is 5.64. The van der Waals surface area contributed by atoms with Crippen LogP contribution in [-0.2, 0) is 4.74 Å². The third-order valence-electron chi connectivity index (χ3n) is 2.50. The van der Waals surface area contributed by atoms with E-state index in [4.69, 9.17) is 4.74 Å². The Kier molecular flexibility index (Phi) is 1.13.